The monoisotopic (exact) mass is 354 g/mol. The van der Waals surface area contributed by atoms with Gasteiger partial charge in [-0.3, -0.25) is 9.59 Å². The summed E-state index contributed by atoms with van der Waals surface area (Å²) in [5, 5.41) is 12.1. The van der Waals surface area contributed by atoms with Crippen LogP contribution >= 0.6 is 0 Å². The molecule has 0 radical (unpaired) electrons. The predicted octanol–water partition coefficient (Wildman–Crippen LogP) is 0.969. The number of hydrogen-bond donors (Lipinski definition) is 0. The Labute approximate surface area is 148 Å². The van der Waals surface area contributed by atoms with Crippen molar-refractivity contribution in [3.05, 3.63) is 59.0 Å². The third kappa shape index (κ3) is 3.28. The van der Waals surface area contributed by atoms with Crippen LogP contribution in [0.15, 0.2) is 52.2 Å². The van der Waals surface area contributed by atoms with Crippen molar-refractivity contribution < 1.29 is 9.32 Å². The van der Waals surface area contributed by atoms with Crippen LogP contribution in [0, 0.1) is 5.92 Å². The molecule has 0 spiro atoms. The average molecular weight is 354 g/mol. The molecule has 4 rings (SSSR count). The SMILES string of the molecule is O=C(c1ccno1)N1CCC(Cn2nc(-n3cccn3)ccc2=O)CC1. The van der Waals surface area contributed by atoms with Crippen molar-refractivity contribution in [2.24, 2.45) is 5.92 Å². The van der Waals surface area contributed by atoms with Gasteiger partial charge in [-0.2, -0.15) is 5.10 Å². The number of likely N-dealkylation sites (tertiary alicyclic amines) is 1. The number of carbonyl (C=O) groups excluding carboxylic acids is 1. The number of nitrogens with zero attached hydrogens (tertiary/aromatic N) is 6. The normalized spacial score (nSPS) is 15.3. The summed E-state index contributed by atoms with van der Waals surface area (Å²) in [4.78, 5) is 26.2. The first-order chi connectivity index (χ1) is 12.7. The van der Waals surface area contributed by atoms with Gasteiger partial charge in [0, 0.05) is 44.2 Å². The summed E-state index contributed by atoms with van der Waals surface area (Å²) in [6, 6.07) is 6.54. The molecule has 0 atom stereocenters. The highest BCUT2D eigenvalue weighted by Crippen LogP contribution is 2.20. The highest BCUT2D eigenvalue weighted by atomic mass is 16.5. The van der Waals surface area contributed by atoms with Gasteiger partial charge in [-0.15, -0.1) is 5.10 Å². The fourth-order valence-electron chi connectivity index (χ4n) is 3.14. The molecule has 0 N–H and O–H groups in total. The Balaban J connectivity index is 1.41. The lowest BCUT2D eigenvalue weighted by Gasteiger charge is -2.31. The smallest absolute Gasteiger partial charge is 0.292 e. The summed E-state index contributed by atoms with van der Waals surface area (Å²) in [5.74, 6) is 1.00. The summed E-state index contributed by atoms with van der Waals surface area (Å²) >= 11 is 0. The quantitative estimate of drug-likeness (QED) is 0.692. The van der Waals surface area contributed by atoms with Crippen LogP contribution in [0.5, 0.6) is 0 Å². The van der Waals surface area contributed by atoms with E-state index in [2.05, 4.69) is 15.4 Å². The lowest BCUT2D eigenvalue weighted by atomic mass is 9.96. The first-order valence-electron chi connectivity index (χ1n) is 8.49. The van der Waals surface area contributed by atoms with E-state index in [1.54, 1.807) is 40.2 Å². The third-order valence-electron chi connectivity index (χ3n) is 4.57. The van der Waals surface area contributed by atoms with E-state index >= 15 is 0 Å². The second-order valence-corrected chi connectivity index (χ2v) is 6.27. The fourth-order valence-corrected chi connectivity index (χ4v) is 3.14. The first kappa shape index (κ1) is 16.2. The zero-order valence-corrected chi connectivity index (χ0v) is 14.1. The van der Waals surface area contributed by atoms with Gasteiger partial charge in [-0.05, 0) is 30.9 Å². The second-order valence-electron chi connectivity index (χ2n) is 6.27. The molecule has 0 aliphatic carbocycles. The maximum Gasteiger partial charge on any atom is 0.292 e. The second kappa shape index (κ2) is 6.95. The third-order valence-corrected chi connectivity index (χ3v) is 4.57. The highest BCUT2D eigenvalue weighted by molar-refractivity contribution is 5.91. The average Bonchev–Trinajstić information content (AvgIpc) is 3.38. The van der Waals surface area contributed by atoms with Crippen molar-refractivity contribution in [3.63, 3.8) is 0 Å². The topological polar surface area (TPSA) is 99.1 Å². The largest absolute Gasteiger partial charge is 0.351 e. The standard InChI is InChI=1S/C17H18N6O3/c24-16-3-2-15(22-9-1-7-18-22)20-23(16)12-13-5-10-21(11-6-13)17(25)14-4-8-19-26-14/h1-4,7-9,13H,5-6,10-12H2. The molecule has 134 valence electrons. The van der Waals surface area contributed by atoms with E-state index in [0.29, 0.717) is 25.5 Å². The van der Waals surface area contributed by atoms with Crippen LogP contribution in [-0.4, -0.2) is 48.6 Å². The molecular formula is C17H18N6O3. The summed E-state index contributed by atoms with van der Waals surface area (Å²) in [6.45, 7) is 1.77. The van der Waals surface area contributed by atoms with Crippen molar-refractivity contribution in [2.45, 2.75) is 19.4 Å². The predicted molar refractivity (Wildman–Crippen MR) is 90.7 cm³/mol. The molecule has 1 aliphatic heterocycles. The van der Waals surface area contributed by atoms with Gasteiger partial charge in [0.2, 0.25) is 5.76 Å². The summed E-state index contributed by atoms with van der Waals surface area (Å²) < 4.78 is 8.03. The summed E-state index contributed by atoms with van der Waals surface area (Å²) in [5.41, 5.74) is -0.138. The minimum absolute atomic E-state index is 0.138. The number of rotatable bonds is 4. The van der Waals surface area contributed by atoms with E-state index in [9.17, 15) is 9.59 Å². The van der Waals surface area contributed by atoms with E-state index < -0.39 is 0 Å². The zero-order chi connectivity index (χ0) is 17.9. The zero-order valence-electron chi connectivity index (χ0n) is 14.1. The van der Waals surface area contributed by atoms with Crippen molar-refractivity contribution >= 4 is 5.91 Å². The molecule has 3 aromatic heterocycles. The molecule has 9 heteroatoms. The summed E-state index contributed by atoms with van der Waals surface area (Å²) in [7, 11) is 0. The van der Waals surface area contributed by atoms with Crippen molar-refractivity contribution in [1.29, 1.82) is 0 Å². The van der Waals surface area contributed by atoms with Crippen LogP contribution < -0.4 is 5.56 Å². The van der Waals surface area contributed by atoms with Gasteiger partial charge >= 0.3 is 0 Å². The van der Waals surface area contributed by atoms with Crippen molar-refractivity contribution in [1.82, 2.24) is 29.6 Å². The van der Waals surface area contributed by atoms with Crippen molar-refractivity contribution in [2.75, 3.05) is 13.1 Å². The molecule has 4 heterocycles. The number of aromatic nitrogens is 5. The molecule has 0 aromatic carbocycles. The number of carbonyl (C=O) groups is 1. The Morgan fingerprint density at radius 3 is 2.73 bits per heavy atom. The molecule has 26 heavy (non-hydrogen) atoms. The van der Waals surface area contributed by atoms with Crippen LogP contribution in [0.1, 0.15) is 23.4 Å². The van der Waals surface area contributed by atoms with E-state index in [1.165, 1.54) is 16.9 Å². The number of hydrogen-bond acceptors (Lipinski definition) is 6. The van der Waals surface area contributed by atoms with Gasteiger partial charge in [0.05, 0.1) is 6.20 Å². The molecule has 0 unspecified atom stereocenters. The van der Waals surface area contributed by atoms with Gasteiger partial charge in [-0.25, -0.2) is 9.36 Å². The van der Waals surface area contributed by atoms with Crippen LogP contribution in [0.3, 0.4) is 0 Å². The highest BCUT2D eigenvalue weighted by Gasteiger charge is 2.26. The molecule has 0 saturated carbocycles. The maximum absolute atomic E-state index is 12.3. The summed E-state index contributed by atoms with van der Waals surface area (Å²) in [6.07, 6.45) is 6.52. The Hall–Kier alpha value is -3.23. The number of amides is 1. The van der Waals surface area contributed by atoms with E-state index in [1.807, 2.05) is 0 Å². The lowest BCUT2D eigenvalue weighted by molar-refractivity contribution is 0.0639. The van der Waals surface area contributed by atoms with Crippen LogP contribution in [0.25, 0.3) is 5.82 Å². The molecule has 1 amide bonds. The Kier molecular flexibility index (Phi) is 4.34. The molecule has 9 nitrogen and oxygen atoms in total. The minimum Gasteiger partial charge on any atom is -0.351 e. The van der Waals surface area contributed by atoms with Crippen LogP contribution in [0.2, 0.25) is 0 Å². The molecule has 0 bridgehead atoms. The van der Waals surface area contributed by atoms with Crippen molar-refractivity contribution in [3.8, 4) is 5.82 Å². The Bertz CT molecular complexity index is 924. The molecular weight excluding hydrogens is 336 g/mol. The van der Waals surface area contributed by atoms with E-state index in [0.717, 1.165) is 12.8 Å². The molecule has 1 fully saturated rings. The van der Waals surface area contributed by atoms with Gasteiger partial charge in [0.15, 0.2) is 5.82 Å². The molecule has 1 saturated heterocycles. The maximum atomic E-state index is 12.3. The molecule has 1 aliphatic rings. The van der Waals surface area contributed by atoms with E-state index in [4.69, 9.17) is 4.52 Å². The van der Waals surface area contributed by atoms with Gasteiger partial charge in [-0.1, -0.05) is 5.16 Å². The van der Waals surface area contributed by atoms with Crippen LogP contribution in [0.4, 0.5) is 0 Å². The fraction of sp³-hybridized carbons (Fsp3) is 0.353. The lowest BCUT2D eigenvalue weighted by Crippen LogP contribution is -2.40. The van der Waals surface area contributed by atoms with E-state index in [-0.39, 0.29) is 23.1 Å². The van der Waals surface area contributed by atoms with Gasteiger partial charge in [0.1, 0.15) is 0 Å². The van der Waals surface area contributed by atoms with Crippen LogP contribution in [-0.2, 0) is 6.54 Å². The molecule has 3 aromatic rings. The van der Waals surface area contributed by atoms with Gasteiger partial charge in [0.25, 0.3) is 11.5 Å². The van der Waals surface area contributed by atoms with Gasteiger partial charge < -0.3 is 9.42 Å². The first-order valence-corrected chi connectivity index (χ1v) is 8.49. The Morgan fingerprint density at radius 2 is 2.04 bits per heavy atom. The minimum atomic E-state index is -0.142. The Morgan fingerprint density at radius 1 is 1.19 bits per heavy atom. The number of piperidine rings is 1.